The van der Waals surface area contributed by atoms with Crippen molar-refractivity contribution in [3.63, 3.8) is 0 Å². The molecule has 0 unspecified atom stereocenters. The van der Waals surface area contributed by atoms with Crippen LogP contribution in [-0.4, -0.2) is 0 Å². The molecule has 4 aromatic rings. The Balaban J connectivity index is 2.23. The number of nitrogens with two attached hydrogens (primary N) is 1. The first-order chi connectivity index (χ1) is 9.88. The summed E-state index contributed by atoms with van der Waals surface area (Å²) in [6.07, 6.45) is 0. The van der Waals surface area contributed by atoms with Gasteiger partial charge < -0.3 is 5.43 Å². The molecule has 3 N–H and O–H groups in total. The highest BCUT2D eigenvalue weighted by molar-refractivity contribution is 6.18. The highest BCUT2D eigenvalue weighted by Gasteiger charge is 2.06. The predicted molar refractivity (Wildman–Crippen MR) is 86.8 cm³/mol. The minimum atomic E-state index is 0.956. The zero-order chi connectivity index (χ0) is 13.5. The van der Waals surface area contributed by atoms with Crippen molar-refractivity contribution in [3.05, 3.63) is 66.7 Å². The summed E-state index contributed by atoms with van der Waals surface area (Å²) in [5.74, 6) is 5.60. The lowest BCUT2D eigenvalue weighted by molar-refractivity contribution is 1.37. The van der Waals surface area contributed by atoms with Gasteiger partial charge in [-0.3, -0.25) is 5.84 Å². The average molecular weight is 258 g/mol. The number of hydrazine groups is 1. The smallest absolute Gasteiger partial charge is 0.0563 e. The minimum Gasteiger partial charge on any atom is -0.324 e. The van der Waals surface area contributed by atoms with E-state index in [0.29, 0.717) is 0 Å². The van der Waals surface area contributed by atoms with Crippen LogP contribution in [0.25, 0.3) is 32.3 Å². The van der Waals surface area contributed by atoms with Gasteiger partial charge in [-0.05, 0) is 33.0 Å². The first-order valence-corrected chi connectivity index (χ1v) is 6.68. The fourth-order valence-electron chi connectivity index (χ4n) is 2.98. The first kappa shape index (κ1) is 11.3. The van der Waals surface area contributed by atoms with Crippen LogP contribution in [0.4, 0.5) is 5.69 Å². The molecule has 0 radical (unpaired) electrons. The number of hydrogen-bond donors (Lipinski definition) is 2. The lowest BCUT2D eigenvalue weighted by atomic mass is 9.96. The van der Waals surface area contributed by atoms with E-state index in [1.165, 1.54) is 26.9 Å². The quantitative estimate of drug-likeness (QED) is 0.301. The van der Waals surface area contributed by atoms with Gasteiger partial charge in [-0.1, -0.05) is 60.7 Å². The summed E-state index contributed by atoms with van der Waals surface area (Å²) in [7, 11) is 0. The number of hydrogen-bond acceptors (Lipinski definition) is 2. The molecule has 0 fully saturated rings. The van der Waals surface area contributed by atoms with Crippen molar-refractivity contribution in [2.24, 2.45) is 5.84 Å². The fourth-order valence-corrected chi connectivity index (χ4v) is 2.98. The molecule has 4 aromatic carbocycles. The summed E-state index contributed by atoms with van der Waals surface area (Å²) >= 11 is 0. The molecular formula is C18H14N2. The molecule has 0 saturated heterocycles. The van der Waals surface area contributed by atoms with Gasteiger partial charge in [0.25, 0.3) is 0 Å². The van der Waals surface area contributed by atoms with Crippen molar-refractivity contribution in [2.75, 3.05) is 5.43 Å². The van der Waals surface area contributed by atoms with Crippen LogP contribution < -0.4 is 11.3 Å². The van der Waals surface area contributed by atoms with E-state index < -0.39 is 0 Å². The van der Waals surface area contributed by atoms with Crippen LogP contribution in [0.3, 0.4) is 0 Å². The Hall–Kier alpha value is -2.58. The second kappa shape index (κ2) is 4.22. The van der Waals surface area contributed by atoms with Crippen molar-refractivity contribution in [3.8, 4) is 0 Å². The molecular weight excluding hydrogens is 244 g/mol. The molecule has 0 heterocycles. The van der Waals surface area contributed by atoms with Crippen molar-refractivity contribution in [1.29, 1.82) is 0 Å². The molecule has 0 amide bonds. The van der Waals surface area contributed by atoms with Gasteiger partial charge >= 0.3 is 0 Å². The molecule has 2 heteroatoms. The van der Waals surface area contributed by atoms with Crippen molar-refractivity contribution >= 4 is 38.0 Å². The number of rotatable bonds is 1. The third-order valence-electron chi connectivity index (χ3n) is 3.94. The number of nitrogens with one attached hydrogen (secondary N) is 1. The van der Waals surface area contributed by atoms with Gasteiger partial charge in [0, 0.05) is 5.39 Å². The van der Waals surface area contributed by atoms with Crippen LogP contribution in [0, 0.1) is 0 Å². The van der Waals surface area contributed by atoms with Gasteiger partial charge in [-0.25, -0.2) is 0 Å². The summed E-state index contributed by atoms with van der Waals surface area (Å²) in [6, 6.07) is 23.4. The molecule has 0 aliphatic rings. The van der Waals surface area contributed by atoms with Crippen LogP contribution >= 0.6 is 0 Å². The zero-order valence-corrected chi connectivity index (χ0v) is 10.9. The molecule has 0 aromatic heterocycles. The number of benzene rings is 4. The topological polar surface area (TPSA) is 38.0 Å². The van der Waals surface area contributed by atoms with Gasteiger partial charge in [0.2, 0.25) is 0 Å². The molecule has 0 aliphatic carbocycles. The van der Waals surface area contributed by atoms with E-state index in [0.717, 1.165) is 11.1 Å². The summed E-state index contributed by atoms with van der Waals surface area (Å²) < 4.78 is 0. The Bertz CT molecular complexity index is 942. The normalized spacial score (nSPS) is 11.2. The van der Waals surface area contributed by atoms with E-state index in [1.54, 1.807) is 0 Å². The third kappa shape index (κ3) is 1.49. The Kier molecular flexibility index (Phi) is 2.38. The van der Waals surface area contributed by atoms with Crippen LogP contribution in [-0.2, 0) is 0 Å². The molecule has 4 rings (SSSR count). The molecule has 0 atom stereocenters. The maximum absolute atomic E-state index is 5.60. The van der Waals surface area contributed by atoms with Crippen LogP contribution in [0.1, 0.15) is 0 Å². The standard InChI is InChI=1S/C18H14N2/c19-20-18-7-3-6-14-16-9-8-12-4-1-2-5-13(12)15(16)10-11-17(14)18/h1-11,20H,19H2. The molecule has 0 aliphatic heterocycles. The van der Waals surface area contributed by atoms with E-state index in [9.17, 15) is 0 Å². The highest BCUT2D eigenvalue weighted by Crippen LogP contribution is 2.33. The van der Waals surface area contributed by atoms with Gasteiger partial charge in [-0.2, -0.15) is 0 Å². The molecule has 20 heavy (non-hydrogen) atoms. The lowest BCUT2D eigenvalue weighted by Gasteiger charge is -2.10. The Morgan fingerprint density at radius 2 is 1.20 bits per heavy atom. The van der Waals surface area contributed by atoms with E-state index in [2.05, 4.69) is 60.0 Å². The Morgan fingerprint density at radius 1 is 0.550 bits per heavy atom. The second-order valence-corrected chi connectivity index (χ2v) is 4.99. The van der Waals surface area contributed by atoms with Gasteiger partial charge in [-0.15, -0.1) is 0 Å². The molecule has 0 spiro atoms. The van der Waals surface area contributed by atoms with E-state index in [-0.39, 0.29) is 0 Å². The summed E-state index contributed by atoms with van der Waals surface area (Å²) in [4.78, 5) is 0. The second-order valence-electron chi connectivity index (χ2n) is 4.99. The van der Waals surface area contributed by atoms with Crippen molar-refractivity contribution in [2.45, 2.75) is 0 Å². The molecule has 0 bridgehead atoms. The molecule has 2 nitrogen and oxygen atoms in total. The number of nitrogen functional groups attached to an aromatic ring is 1. The lowest BCUT2D eigenvalue weighted by Crippen LogP contribution is -2.06. The highest BCUT2D eigenvalue weighted by atomic mass is 15.2. The van der Waals surface area contributed by atoms with Crippen LogP contribution in [0.2, 0.25) is 0 Å². The largest absolute Gasteiger partial charge is 0.324 e. The average Bonchev–Trinajstić information content (AvgIpc) is 2.53. The first-order valence-electron chi connectivity index (χ1n) is 6.68. The van der Waals surface area contributed by atoms with Crippen molar-refractivity contribution < 1.29 is 0 Å². The molecule has 96 valence electrons. The van der Waals surface area contributed by atoms with Gasteiger partial charge in [0.05, 0.1) is 5.69 Å². The number of fused-ring (bicyclic) bond motifs is 5. The zero-order valence-electron chi connectivity index (χ0n) is 10.9. The third-order valence-corrected chi connectivity index (χ3v) is 3.94. The SMILES string of the molecule is NNc1cccc2c1ccc1c3ccccc3ccc21. The number of anilines is 1. The Morgan fingerprint density at radius 3 is 2.10 bits per heavy atom. The predicted octanol–water partition coefficient (Wildman–Crippen LogP) is 4.43. The summed E-state index contributed by atoms with van der Waals surface area (Å²) in [5.41, 5.74) is 3.73. The van der Waals surface area contributed by atoms with Crippen LogP contribution in [0.5, 0.6) is 0 Å². The summed E-state index contributed by atoms with van der Waals surface area (Å²) in [5, 5.41) is 7.48. The fraction of sp³-hybridized carbons (Fsp3) is 0. The Labute approximate surface area is 116 Å². The summed E-state index contributed by atoms with van der Waals surface area (Å²) in [6.45, 7) is 0. The van der Waals surface area contributed by atoms with E-state index in [1.807, 2.05) is 12.1 Å². The minimum absolute atomic E-state index is 0.956. The van der Waals surface area contributed by atoms with E-state index >= 15 is 0 Å². The molecule has 0 saturated carbocycles. The maximum atomic E-state index is 5.60. The monoisotopic (exact) mass is 258 g/mol. The van der Waals surface area contributed by atoms with E-state index in [4.69, 9.17) is 5.84 Å². The maximum Gasteiger partial charge on any atom is 0.0563 e. The van der Waals surface area contributed by atoms with Crippen LogP contribution in [0.15, 0.2) is 66.7 Å². The van der Waals surface area contributed by atoms with Gasteiger partial charge in [0.1, 0.15) is 0 Å². The van der Waals surface area contributed by atoms with Gasteiger partial charge in [0.15, 0.2) is 0 Å². The van der Waals surface area contributed by atoms with Crippen molar-refractivity contribution in [1.82, 2.24) is 0 Å².